The van der Waals surface area contributed by atoms with Gasteiger partial charge in [-0.2, -0.15) is 0 Å². The van der Waals surface area contributed by atoms with Crippen LogP contribution in [-0.2, 0) is 9.53 Å². The van der Waals surface area contributed by atoms with E-state index in [1.165, 1.54) is 0 Å². The molecule has 1 aromatic carbocycles. The number of hydrogen-bond donors (Lipinski definition) is 1. The van der Waals surface area contributed by atoms with Crippen LogP contribution in [0.2, 0.25) is 0 Å². The second-order valence-electron chi connectivity index (χ2n) is 4.84. The molecule has 0 aromatic heterocycles. The normalized spacial score (nSPS) is 27.3. The summed E-state index contributed by atoms with van der Waals surface area (Å²) >= 11 is 0. The summed E-state index contributed by atoms with van der Waals surface area (Å²) in [6, 6.07) is 8.10. The minimum Gasteiger partial charge on any atom is -0.384 e. The molecule has 3 heteroatoms. The molecule has 0 aliphatic carbocycles. The first kappa shape index (κ1) is 10.8. The third-order valence-electron chi connectivity index (χ3n) is 3.74. The van der Waals surface area contributed by atoms with Gasteiger partial charge in [-0.05, 0) is 24.5 Å². The standard InChI is InChI=1S/C14H17NO2/c16-14(10-4-3-7-17-9-10)12-8-15-13-6-2-1-5-11(12)13/h1-2,5-6,10,12,15H,3-4,7-9H2. The van der Waals surface area contributed by atoms with Crippen LogP contribution in [0.1, 0.15) is 24.3 Å². The number of anilines is 1. The molecule has 2 unspecified atom stereocenters. The van der Waals surface area contributed by atoms with Crippen molar-refractivity contribution < 1.29 is 9.53 Å². The van der Waals surface area contributed by atoms with Gasteiger partial charge in [0.2, 0.25) is 0 Å². The lowest BCUT2D eigenvalue weighted by Crippen LogP contribution is -2.30. The number of benzene rings is 1. The second kappa shape index (κ2) is 4.49. The molecular weight excluding hydrogens is 214 g/mol. The molecule has 0 amide bonds. The largest absolute Gasteiger partial charge is 0.384 e. The van der Waals surface area contributed by atoms with Gasteiger partial charge in [-0.1, -0.05) is 18.2 Å². The monoisotopic (exact) mass is 231 g/mol. The van der Waals surface area contributed by atoms with E-state index < -0.39 is 0 Å². The molecule has 3 nitrogen and oxygen atoms in total. The van der Waals surface area contributed by atoms with Crippen molar-refractivity contribution >= 4 is 11.5 Å². The van der Waals surface area contributed by atoms with Crippen LogP contribution in [0.15, 0.2) is 24.3 Å². The summed E-state index contributed by atoms with van der Waals surface area (Å²) in [6.07, 6.45) is 2.00. The Morgan fingerprint density at radius 2 is 2.24 bits per heavy atom. The first-order valence-corrected chi connectivity index (χ1v) is 6.30. The molecule has 1 aromatic rings. The molecule has 1 saturated heterocycles. The SMILES string of the molecule is O=C(C1CCCOC1)C1CNc2ccccc21. The molecular formula is C14H17NO2. The molecule has 2 aliphatic heterocycles. The maximum Gasteiger partial charge on any atom is 0.147 e. The van der Waals surface area contributed by atoms with E-state index in [0.717, 1.165) is 37.2 Å². The van der Waals surface area contributed by atoms with Crippen molar-refractivity contribution in [3.8, 4) is 0 Å². The highest BCUT2D eigenvalue weighted by atomic mass is 16.5. The van der Waals surface area contributed by atoms with Gasteiger partial charge in [0.15, 0.2) is 0 Å². The van der Waals surface area contributed by atoms with Gasteiger partial charge in [0, 0.05) is 24.8 Å². The van der Waals surface area contributed by atoms with Crippen molar-refractivity contribution in [2.75, 3.05) is 25.1 Å². The average Bonchev–Trinajstić information content (AvgIpc) is 2.83. The molecule has 2 heterocycles. The molecule has 2 aliphatic rings. The fourth-order valence-corrected chi connectivity index (χ4v) is 2.79. The number of Topliss-reactive ketones (excluding diaryl/α,β-unsaturated/α-hetero) is 1. The van der Waals surface area contributed by atoms with Crippen molar-refractivity contribution in [1.29, 1.82) is 0 Å². The molecule has 0 saturated carbocycles. The number of fused-ring (bicyclic) bond motifs is 1. The lowest BCUT2D eigenvalue weighted by atomic mass is 9.86. The van der Waals surface area contributed by atoms with Crippen molar-refractivity contribution in [2.45, 2.75) is 18.8 Å². The van der Waals surface area contributed by atoms with Crippen LogP contribution >= 0.6 is 0 Å². The number of rotatable bonds is 2. The molecule has 17 heavy (non-hydrogen) atoms. The fourth-order valence-electron chi connectivity index (χ4n) is 2.79. The van der Waals surface area contributed by atoms with Crippen LogP contribution in [0.3, 0.4) is 0 Å². The highest BCUT2D eigenvalue weighted by Gasteiger charge is 2.33. The lowest BCUT2D eigenvalue weighted by Gasteiger charge is -2.23. The van der Waals surface area contributed by atoms with Gasteiger partial charge in [-0.25, -0.2) is 0 Å². The van der Waals surface area contributed by atoms with Crippen LogP contribution < -0.4 is 5.32 Å². The van der Waals surface area contributed by atoms with Crippen LogP contribution in [0.25, 0.3) is 0 Å². The molecule has 1 fully saturated rings. The average molecular weight is 231 g/mol. The Morgan fingerprint density at radius 3 is 3.06 bits per heavy atom. The number of carbonyl (C=O) groups is 1. The number of para-hydroxylation sites is 1. The Bertz CT molecular complexity index is 424. The van der Waals surface area contributed by atoms with Crippen molar-refractivity contribution in [2.24, 2.45) is 5.92 Å². The lowest BCUT2D eigenvalue weighted by molar-refractivity contribution is -0.127. The zero-order valence-electron chi connectivity index (χ0n) is 9.82. The van der Waals surface area contributed by atoms with Crippen LogP contribution in [0, 0.1) is 5.92 Å². The minimum atomic E-state index is 0.0258. The predicted molar refractivity (Wildman–Crippen MR) is 66.2 cm³/mol. The molecule has 0 bridgehead atoms. The van der Waals surface area contributed by atoms with Gasteiger partial charge in [-0.15, -0.1) is 0 Å². The number of hydrogen-bond acceptors (Lipinski definition) is 3. The van der Waals surface area contributed by atoms with Gasteiger partial charge in [0.25, 0.3) is 0 Å². The van der Waals surface area contributed by atoms with E-state index in [-0.39, 0.29) is 11.8 Å². The van der Waals surface area contributed by atoms with Crippen molar-refractivity contribution in [3.63, 3.8) is 0 Å². The number of nitrogens with one attached hydrogen (secondary N) is 1. The zero-order chi connectivity index (χ0) is 11.7. The van der Waals surface area contributed by atoms with E-state index in [1.807, 2.05) is 18.2 Å². The third-order valence-corrected chi connectivity index (χ3v) is 3.74. The van der Waals surface area contributed by atoms with E-state index in [2.05, 4.69) is 11.4 Å². The van der Waals surface area contributed by atoms with Gasteiger partial charge < -0.3 is 10.1 Å². The van der Waals surface area contributed by atoms with Gasteiger partial charge in [0.05, 0.1) is 12.5 Å². The predicted octanol–water partition coefficient (Wildman–Crippen LogP) is 2.19. The Balaban J connectivity index is 1.79. The molecule has 3 rings (SSSR count). The number of ketones is 1. The highest BCUT2D eigenvalue weighted by Crippen LogP contribution is 2.34. The van der Waals surface area contributed by atoms with E-state index in [4.69, 9.17) is 4.74 Å². The molecule has 2 atom stereocenters. The summed E-state index contributed by atoms with van der Waals surface area (Å²) in [5.41, 5.74) is 2.27. The smallest absolute Gasteiger partial charge is 0.147 e. The van der Waals surface area contributed by atoms with E-state index in [9.17, 15) is 4.79 Å². The Morgan fingerprint density at radius 1 is 1.35 bits per heavy atom. The molecule has 0 spiro atoms. The van der Waals surface area contributed by atoms with Crippen molar-refractivity contribution in [1.82, 2.24) is 0 Å². The zero-order valence-corrected chi connectivity index (χ0v) is 9.82. The third kappa shape index (κ3) is 1.95. The summed E-state index contributed by atoms with van der Waals surface area (Å²) in [6.45, 7) is 2.16. The topological polar surface area (TPSA) is 38.3 Å². The number of carbonyl (C=O) groups excluding carboxylic acids is 1. The van der Waals surface area contributed by atoms with E-state index in [1.54, 1.807) is 0 Å². The summed E-state index contributed by atoms with van der Waals surface area (Å²) in [5.74, 6) is 0.474. The van der Waals surface area contributed by atoms with E-state index >= 15 is 0 Å². The summed E-state index contributed by atoms with van der Waals surface area (Å²) in [5, 5.41) is 3.31. The first-order chi connectivity index (χ1) is 8.36. The van der Waals surface area contributed by atoms with Gasteiger partial charge >= 0.3 is 0 Å². The summed E-state index contributed by atoms with van der Waals surface area (Å²) in [4.78, 5) is 12.4. The molecule has 0 radical (unpaired) electrons. The van der Waals surface area contributed by atoms with Crippen LogP contribution in [-0.4, -0.2) is 25.5 Å². The van der Waals surface area contributed by atoms with Crippen LogP contribution in [0.4, 0.5) is 5.69 Å². The van der Waals surface area contributed by atoms with Gasteiger partial charge in [-0.3, -0.25) is 4.79 Å². The quantitative estimate of drug-likeness (QED) is 0.848. The number of ether oxygens (including phenoxy) is 1. The fraction of sp³-hybridized carbons (Fsp3) is 0.500. The van der Waals surface area contributed by atoms with Gasteiger partial charge in [0.1, 0.15) is 5.78 Å². The first-order valence-electron chi connectivity index (χ1n) is 6.30. The van der Waals surface area contributed by atoms with Crippen molar-refractivity contribution in [3.05, 3.63) is 29.8 Å². The maximum absolute atomic E-state index is 12.4. The maximum atomic E-state index is 12.4. The second-order valence-corrected chi connectivity index (χ2v) is 4.84. The Kier molecular flexibility index (Phi) is 2.85. The minimum absolute atomic E-state index is 0.0258. The van der Waals surface area contributed by atoms with E-state index in [0.29, 0.717) is 12.4 Å². The summed E-state index contributed by atoms with van der Waals surface area (Å²) in [7, 11) is 0. The molecule has 90 valence electrons. The summed E-state index contributed by atoms with van der Waals surface area (Å²) < 4.78 is 5.41. The Hall–Kier alpha value is -1.35. The Labute approximate surface area is 101 Å². The van der Waals surface area contributed by atoms with Crippen LogP contribution in [0.5, 0.6) is 0 Å². The highest BCUT2D eigenvalue weighted by molar-refractivity contribution is 5.91. The molecule has 1 N–H and O–H groups in total.